The van der Waals surface area contributed by atoms with Crippen LogP contribution in [0.15, 0.2) is 28.9 Å². The summed E-state index contributed by atoms with van der Waals surface area (Å²) in [6.45, 7) is 2.34. The summed E-state index contributed by atoms with van der Waals surface area (Å²) in [7, 11) is 0. The zero-order chi connectivity index (χ0) is 12.3. The average Bonchev–Trinajstić information content (AvgIpc) is 2.73. The lowest BCUT2D eigenvalue weighted by molar-refractivity contribution is 0.1000. The van der Waals surface area contributed by atoms with Gasteiger partial charge in [0.15, 0.2) is 0 Å². The fraction of sp³-hybridized carbons (Fsp3) is 0.182. The Bertz CT molecular complexity index is 519. The second-order valence-electron chi connectivity index (χ2n) is 3.58. The predicted octanol–water partition coefficient (Wildman–Crippen LogP) is 1.09. The smallest absolute Gasteiger partial charge is 0.250 e. The molecule has 2 rings (SSSR count). The molecule has 0 aliphatic rings. The van der Waals surface area contributed by atoms with Crippen LogP contribution in [0, 0.1) is 6.92 Å². The highest BCUT2D eigenvalue weighted by molar-refractivity contribution is 5.92. The highest BCUT2D eigenvalue weighted by Crippen LogP contribution is 2.07. The fourth-order valence-electron chi connectivity index (χ4n) is 1.33. The molecule has 1 amide bonds. The number of carbonyl (C=O) groups is 1. The SMILES string of the molecule is Cc1cc(CNc2ccc(C(N)=O)cn2)no1. The Morgan fingerprint density at radius 2 is 2.35 bits per heavy atom. The van der Waals surface area contributed by atoms with Crippen LogP contribution in [0.5, 0.6) is 0 Å². The molecule has 6 heteroatoms. The molecule has 0 unspecified atom stereocenters. The molecule has 0 fully saturated rings. The molecule has 0 aliphatic heterocycles. The van der Waals surface area contributed by atoms with Crippen molar-refractivity contribution >= 4 is 11.7 Å². The average molecular weight is 232 g/mol. The Morgan fingerprint density at radius 3 is 2.88 bits per heavy atom. The van der Waals surface area contributed by atoms with E-state index in [0.717, 1.165) is 11.5 Å². The molecule has 0 atom stereocenters. The van der Waals surface area contributed by atoms with E-state index in [2.05, 4.69) is 15.5 Å². The van der Waals surface area contributed by atoms with Crippen molar-refractivity contribution < 1.29 is 9.32 Å². The summed E-state index contributed by atoms with van der Waals surface area (Å²) in [4.78, 5) is 14.9. The number of nitrogens with zero attached hydrogens (tertiary/aromatic N) is 2. The molecule has 0 aliphatic carbocycles. The maximum atomic E-state index is 10.8. The number of anilines is 1. The maximum Gasteiger partial charge on any atom is 0.250 e. The molecule has 0 bridgehead atoms. The zero-order valence-corrected chi connectivity index (χ0v) is 9.30. The summed E-state index contributed by atoms with van der Waals surface area (Å²) in [5, 5.41) is 6.89. The first-order valence-electron chi connectivity index (χ1n) is 5.07. The van der Waals surface area contributed by atoms with Gasteiger partial charge in [-0.3, -0.25) is 4.79 Å². The summed E-state index contributed by atoms with van der Waals surface area (Å²) in [5.74, 6) is 0.922. The number of hydrogen-bond donors (Lipinski definition) is 2. The summed E-state index contributed by atoms with van der Waals surface area (Å²) in [6, 6.07) is 5.14. The Labute approximate surface area is 97.8 Å². The van der Waals surface area contributed by atoms with Crippen molar-refractivity contribution in [2.45, 2.75) is 13.5 Å². The van der Waals surface area contributed by atoms with Gasteiger partial charge in [0.2, 0.25) is 5.91 Å². The van der Waals surface area contributed by atoms with Gasteiger partial charge in [0, 0.05) is 12.3 Å². The number of aryl methyl sites for hydroxylation is 1. The van der Waals surface area contributed by atoms with Crippen molar-refractivity contribution in [2.24, 2.45) is 5.73 Å². The fourth-order valence-corrected chi connectivity index (χ4v) is 1.33. The molecule has 17 heavy (non-hydrogen) atoms. The largest absolute Gasteiger partial charge is 0.366 e. The van der Waals surface area contributed by atoms with Gasteiger partial charge in [-0.1, -0.05) is 5.16 Å². The highest BCUT2D eigenvalue weighted by atomic mass is 16.5. The van der Waals surface area contributed by atoms with Crippen LogP contribution in [0.4, 0.5) is 5.82 Å². The molecular formula is C11H12N4O2. The number of aromatic nitrogens is 2. The molecule has 0 radical (unpaired) electrons. The predicted molar refractivity (Wildman–Crippen MR) is 61.3 cm³/mol. The van der Waals surface area contributed by atoms with Crippen LogP contribution in [-0.4, -0.2) is 16.0 Å². The van der Waals surface area contributed by atoms with Crippen LogP contribution in [0.1, 0.15) is 21.8 Å². The number of carbonyl (C=O) groups excluding carboxylic acids is 1. The third kappa shape index (κ3) is 2.81. The van der Waals surface area contributed by atoms with E-state index in [-0.39, 0.29) is 0 Å². The third-order valence-electron chi connectivity index (χ3n) is 2.18. The molecule has 0 spiro atoms. The van der Waals surface area contributed by atoms with E-state index in [9.17, 15) is 4.79 Å². The van der Waals surface area contributed by atoms with Gasteiger partial charge in [0.1, 0.15) is 17.3 Å². The number of rotatable bonds is 4. The van der Waals surface area contributed by atoms with Crippen molar-refractivity contribution in [3.63, 3.8) is 0 Å². The number of nitrogens with one attached hydrogen (secondary N) is 1. The lowest BCUT2D eigenvalue weighted by Gasteiger charge is -2.02. The molecule has 2 aromatic heterocycles. The van der Waals surface area contributed by atoms with Crippen LogP contribution in [-0.2, 0) is 6.54 Å². The van der Waals surface area contributed by atoms with Crippen molar-refractivity contribution in [1.29, 1.82) is 0 Å². The van der Waals surface area contributed by atoms with Gasteiger partial charge in [0.25, 0.3) is 0 Å². The maximum absolute atomic E-state index is 10.8. The second kappa shape index (κ2) is 4.65. The zero-order valence-electron chi connectivity index (χ0n) is 9.30. The van der Waals surface area contributed by atoms with E-state index in [4.69, 9.17) is 10.3 Å². The summed E-state index contributed by atoms with van der Waals surface area (Å²) >= 11 is 0. The van der Waals surface area contributed by atoms with E-state index < -0.39 is 5.91 Å². The number of primary amides is 1. The first kappa shape index (κ1) is 11.1. The first-order valence-corrected chi connectivity index (χ1v) is 5.07. The molecule has 0 saturated carbocycles. The van der Waals surface area contributed by atoms with Gasteiger partial charge >= 0.3 is 0 Å². The minimum Gasteiger partial charge on any atom is -0.366 e. The van der Waals surface area contributed by atoms with Crippen LogP contribution in [0.3, 0.4) is 0 Å². The van der Waals surface area contributed by atoms with Crippen LogP contribution in [0.2, 0.25) is 0 Å². The van der Waals surface area contributed by atoms with Crippen LogP contribution < -0.4 is 11.1 Å². The third-order valence-corrected chi connectivity index (χ3v) is 2.18. The molecule has 6 nitrogen and oxygen atoms in total. The van der Waals surface area contributed by atoms with E-state index >= 15 is 0 Å². The van der Waals surface area contributed by atoms with E-state index in [1.54, 1.807) is 12.1 Å². The molecule has 0 saturated heterocycles. The minimum atomic E-state index is -0.490. The monoisotopic (exact) mass is 232 g/mol. The molecular weight excluding hydrogens is 220 g/mol. The molecule has 3 N–H and O–H groups in total. The Kier molecular flexibility index (Phi) is 3.04. The number of hydrogen-bond acceptors (Lipinski definition) is 5. The van der Waals surface area contributed by atoms with Gasteiger partial charge in [0.05, 0.1) is 12.1 Å². The van der Waals surface area contributed by atoms with E-state index in [1.807, 2.05) is 13.0 Å². The summed E-state index contributed by atoms with van der Waals surface area (Å²) < 4.78 is 4.93. The van der Waals surface area contributed by atoms with Gasteiger partial charge in [-0.05, 0) is 19.1 Å². The van der Waals surface area contributed by atoms with Gasteiger partial charge in [-0.2, -0.15) is 0 Å². The molecule has 2 aromatic rings. The lowest BCUT2D eigenvalue weighted by atomic mass is 10.3. The molecule has 0 aromatic carbocycles. The van der Waals surface area contributed by atoms with Crippen molar-refractivity contribution in [1.82, 2.24) is 10.1 Å². The summed E-state index contributed by atoms with van der Waals surface area (Å²) in [5.41, 5.74) is 6.29. The first-order chi connectivity index (χ1) is 8.15. The summed E-state index contributed by atoms with van der Waals surface area (Å²) in [6.07, 6.45) is 1.43. The topological polar surface area (TPSA) is 94.0 Å². The molecule has 88 valence electrons. The number of amides is 1. The lowest BCUT2D eigenvalue weighted by Crippen LogP contribution is -2.11. The van der Waals surface area contributed by atoms with E-state index in [1.165, 1.54) is 6.20 Å². The normalized spacial score (nSPS) is 10.2. The number of pyridine rings is 1. The van der Waals surface area contributed by atoms with Crippen molar-refractivity contribution in [3.05, 3.63) is 41.4 Å². The Balaban J connectivity index is 1.97. The quantitative estimate of drug-likeness (QED) is 0.822. The van der Waals surface area contributed by atoms with Gasteiger partial charge < -0.3 is 15.6 Å². The second-order valence-corrected chi connectivity index (χ2v) is 3.58. The van der Waals surface area contributed by atoms with Crippen molar-refractivity contribution in [2.75, 3.05) is 5.32 Å². The number of nitrogens with two attached hydrogens (primary N) is 1. The van der Waals surface area contributed by atoms with Crippen molar-refractivity contribution in [3.8, 4) is 0 Å². The highest BCUT2D eigenvalue weighted by Gasteiger charge is 2.02. The molecule has 2 heterocycles. The standard InChI is InChI=1S/C11H12N4O2/c1-7-4-9(15-17-7)6-14-10-3-2-8(5-13-10)11(12)16/h2-5H,6H2,1H3,(H2,12,16)(H,13,14). The Morgan fingerprint density at radius 1 is 1.53 bits per heavy atom. The van der Waals surface area contributed by atoms with Gasteiger partial charge in [-0.25, -0.2) is 4.98 Å². The van der Waals surface area contributed by atoms with Gasteiger partial charge in [-0.15, -0.1) is 0 Å². The Hall–Kier alpha value is -2.37. The minimum absolute atomic E-state index is 0.382. The van der Waals surface area contributed by atoms with Crippen LogP contribution >= 0.6 is 0 Å². The van der Waals surface area contributed by atoms with Crippen LogP contribution in [0.25, 0.3) is 0 Å². The van der Waals surface area contributed by atoms with E-state index in [0.29, 0.717) is 17.9 Å².